The van der Waals surface area contributed by atoms with Gasteiger partial charge in [0, 0.05) is 16.8 Å². The molecule has 3 aromatic rings. The van der Waals surface area contributed by atoms with Crippen LogP contribution in [0.2, 0.25) is 5.02 Å². The van der Waals surface area contributed by atoms with E-state index in [4.69, 9.17) is 11.6 Å². The number of nitrogens with one attached hydrogen (secondary N) is 1. The summed E-state index contributed by atoms with van der Waals surface area (Å²) in [5, 5.41) is 12.5. The topological polar surface area (TPSA) is 66.4 Å². The Morgan fingerprint density at radius 1 is 0.852 bits per heavy atom. The second-order valence-corrected chi connectivity index (χ2v) is 6.02. The van der Waals surface area contributed by atoms with Crippen molar-refractivity contribution in [2.24, 2.45) is 0 Å². The smallest absolute Gasteiger partial charge is 0.337 e. The molecule has 3 aromatic carbocycles. The van der Waals surface area contributed by atoms with Crippen molar-refractivity contribution in [1.29, 1.82) is 0 Å². The van der Waals surface area contributed by atoms with Crippen LogP contribution in [0.15, 0.2) is 72.8 Å². The van der Waals surface area contributed by atoms with Crippen LogP contribution in [0.1, 0.15) is 31.8 Å². The van der Waals surface area contributed by atoms with Crippen LogP contribution in [0.5, 0.6) is 0 Å². The molecule has 0 bridgehead atoms. The minimum absolute atomic E-state index is 0.00962. The van der Waals surface area contributed by atoms with E-state index in [2.05, 4.69) is 17.2 Å². The highest BCUT2D eigenvalue weighted by atomic mass is 35.5. The monoisotopic (exact) mass is 375 g/mol. The molecule has 2 N–H and O–H groups in total. The van der Waals surface area contributed by atoms with Crippen molar-refractivity contribution in [3.8, 4) is 11.8 Å². The fourth-order valence-corrected chi connectivity index (χ4v) is 2.63. The van der Waals surface area contributed by atoms with Crippen LogP contribution in [-0.2, 0) is 0 Å². The molecule has 0 unspecified atom stereocenters. The standard InChI is InChI=1S/C22H14ClNO3/c23-20-9-5-4-8-18(20)21(25)24-17-13-12-16(19(14-17)22(26)27)11-10-15-6-2-1-3-7-15/h1-9,12-14H,(H,24,25)(H,26,27). The summed E-state index contributed by atoms with van der Waals surface area (Å²) in [4.78, 5) is 23.9. The third-order valence-electron chi connectivity index (χ3n) is 3.74. The van der Waals surface area contributed by atoms with E-state index in [1.54, 1.807) is 36.4 Å². The zero-order chi connectivity index (χ0) is 19.2. The summed E-state index contributed by atoms with van der Waals surface area (Å²) in [7, 11) is 0. The third-order valence-corrected chi connectivity index (χ3v) is 4.07. The Bertz CT molecular complexity index is 1070. The van der Waals surface area contributed by atoms with E-state index in [0.29, 0.717) is 21.8 Å². The van der Waals surface area contributed by atoms with E-state index in [0.717, 1.165) is 5.56 Å². The lowest BCUT2D eigenvalue weighted by atomic mass is 10.1. The molecule has 27 heavy (non-hydrogen) atoms. The molecule has 4 nitrogen and oxygen atoms in total. The molecule has 0 saturated heterocycles. The molecule has 3 rings (SSSR count). The Balaban J connectivity index is 1.88. The van der Waals surface area contributed by atoms with Gasteiger partial charge in [-0.15, -0.1) is 0 Å². The minimum atomic E-state index is -1.12. The first-order valence-corrected chi connectivity index (χ1v) is 8.42. The lowest BCUT2D eigenvalue weighted by molar-refractivity contribution is 0.0696. The van der Waals surface area contributed by atoms with Gasteiger partial charge in [-0.05, 0) is 42.5 Å². The van der Waals surface area contributed by atoms with Gasteiger partial charge in [0.1, 0.15) is 0 Å². The molecular formula is C22H14ClNO3. The SMILES string of the molecule is O=C(Nc1ccc(C#Cc2ccccc2)c(C(=O)O)c1)c1ccccc1Cl. The average molecular weight is 376 g/mol. The number of amides is 1. The molecule has 0 aliphatic rings. The van der Waals surface area contributed by atoms with Gasteiger partial charge in [0.15, 0.2) is 0 Å². The highest BCUT2D eigenvalue weighted by molar-refractivity contribution is 6.34. The maximum Gasteiger partial charge on any atom is 0.337 e. The quantitative estimate of drug-likeness (QED) is 0.652. The van der Waals surface area contributed by atoms with Crippen molar-refractivity contribution in [3.05, 3.63) is 100 Å². The third kappa shape index (κ3) is 4.55. The van der Waals surface area contributed by atoms with Crippen LogP contribution < -0.4 is 5.32 Å². The van der Waals surface area contributed by atoms with Crippen molar-refractivity contribution in [2.75, 3.05) is 5.32 Å². The summed E-state index contributed by atoms with van der Waals surface area (Å²) in [6.07, 6.45) is 0. The minimum Gasteiger partial charge on any atom is -0.478 e. The highest BCUT2D eigenvalue weighted by Gasteiger charge is 2.13. The maximum absolute atomic E-state index is 12.3. The van der Waals surface area contributed by atoms with Gasteiger partial charge < -0.3 is 10.4 Å². The number of anilines is 1. The fourth-order valence-electron chi connectivity index (χ4n) is 2.41. The fraction of sp³-hybridized carbons (Fsp3) is 0. The molecule has 0 fully saturated rings. The number of aromatic carboxylic acids is 1. The van der Waals surface area contributed by atoms with Gasteiger partial charge in [-0.1, -0.05) is 53.8 Å². The van der Waals surface area contributed by atoms with Gasteiger partial charge in [0.25, 0.3) is 5.91 Å². The number of hydrogen-bond acceptors (Lipinski definition) is 2. The van der Waals surface area contributed by atoms with E-state index in [9.17, 15) is 14.7 Å². The average Bonchev–Trinajstić information content (AvgIpc) is 2.68. The predicted octanol–water partition coefficient (Wildman–Crippen LogP) is 4.69. The van der Waals surface area contributed by atoms with Crippen LogP contribution in [-0.4, -0.2) is 17.0 Å². The number of hydrogen-bond donors (Lipinski definition) is 2. The predicted molar refractivity (Wildman–Crippen MR) is 105 cm³/mol. The second kappa shape index (κ2) is 8.22. The van der Waals surface area contributed by atoms with Crippen molar-refractivity contribution in [3.63, 3.8) is 0 Å². The Labute approximate surface area is 161 Å². The highest BCUT2D eigenvalue weighted by Crippen LogP contribution is 2.20. The number of carbonyl (C=O) groups excluding carboxylic acids is 1. The van der Waals surface area contributed by atoms with Crippen molar-refractivity contribution < 1.29 is 14.7 Å². The summed E-state index contributed by atoms with van der Waals surface area (Å²) < 4.78 is 0. The summed E-state index contributed by atoms with van der Waals surface area (Å²) in [5.41, 5.74) is 1.81. The molecular weight excluding hydrogens is 362 g/mol. The Morgan fingerprint density at radius 3 is 2.26 bits per heavy atom. The first-order chi connectivity index (χ1) is 13.0. The summed E-state index contributed by atoms with van der Waals surface area (Å²) >= 11 is 6.02. The van der Waals surface area contributed by atoms with Crippen LogP contribution in [0.3, 0.4) is 0 Å². The van der Waals surface area contributed by atoms with E-state index in [1.807, 2.05) is 30.3 Å². The van der Waals surface area contributed by atoms with Gasteiger partial charge in [-0.25, -0.2) is 4.79 Å². The Hall–Kier alpha value is -3.55. The maximum atomic E-state index is 12.3. The molecule has 0 heterocycles. The molecule has 0 aromatic heterocycles. The number of carbonyl (C=O) groups is 2. The van der Waals surface area contributed by atoms with Gasteiger partial charge in [-0.2, -0.15) is 0 Å². The van der Waals surface area contributed by atoms with Crippen LogP contribution in [0.4, 0.5) is 5.69 Å². The van der Waals surface area contributed by atoms with Gasteiger partial charge in [0.2, 0.25) is 0 Å². The van der Waals surface area contributed by atoms with E-state index < -0.39 is 11.9 Å². The lowest BCUT2D eigenvalue weighted by Gasteiger charge is -2.08. The first-order valence-electron chi connectivity index (χ1n) is 8.05. The van der Waals surface area contributed by atoms with Crippen molar-refractivity contribution >= 4 is 29.2 Å². The van der Waals surface area contributed by atoms with E-state index in [1.165, 1.54) is 6.07 Å². The zero-order valence-electron chi connectivity index (χ0n) is 14.1. The molecule has 0 saturated carbocycles. The second-order valence-electron chi connectivity index (χ2n) is 5.62. The van der Waals surface area contributed by atoms with Gasteiger partial charge in [-0.3, -0.25) is 4.79 Å². The zero-order valence-corrected chi connectivity index (χ0v) is 14.8. The van der Waals surface area contributed by atoms with Crippen LogP contribution in [0.25, 0.3) is 0 Å². The number of rotatable bonds is 3. The Kier molecular flexibility index (Phi) is 5.55. The Morgan fingerprint density at radius 2 is 1.56 bits per heavy atom. The van der Waals surface area contributed by atoms with E-state index in [-0.39, 0.29) is 5.56 Å². The molecule has 0 spiro atoms. The van der Waals surface area contributed by atoms with Crippen LogP contribution >= 0.6 is 11.6 Å². The van der Waals surface area contributed by atoms with Gasteiger partial charge >= 0.3 is 5.97 Å². The summed E-state index contributed by atoms with van der Waals surface area (Å²) in [6, 6.07) is 20.5. The summed E-state index contributed by atoms with van der Waals surface area (Å²) in [6.45, 7) is 0. The lowest BCUT2D eigenvalue weighted by Crippen LogP contribution is -2.13. The van der Waals surface area contributed by atoms with Crippen molar-refractivity contribution in [1.82, 2.24) is 0 Å². The number of benzene rings is 3. The molecule has 132 valence electrons. The van der Waals surface area contributed by atoms with E-state index >= 15 is 0 Å². The molecule has 1 amide bonds. The molecule has 0 aliphatic carbocycles. The number of carboxylic acids is 1. The molecule has 0 radical (unpaired) electrons. The molecule has 0 aliphatic heterocycles. The van der Waals surface area contributed by atoms with Crippen molar-refractivity contribution in [2.45, 2.75) is 0 Å². The largest absolute Gasteiger partial charge is 0.478 e. The first kappa shape index (κ1) is 18.2. The number of halogens is 1. The molecule has 5 heteroatoms. The normalized spacial score (nSPS) is 9.81. The molecule has 0 atom stereocenters. The van der Waals surface area contributed by atoms with Gasteiger partial charge in [0.05, 0.1) is 16.1 Å². The number of carboxylic acid groups (broad SMARTS) is 1. The van der Waals surface area contributed by atoms with Crippen LogP contribution in [0, 0.1) is 11.8 Å². The summed E-state index contributed by atoms with van der Waals surface area (Å²) in [5.74, 6) is 4.26.